The van der Waals surface area contributed by atoms with E-state index in [1.54, 1.807) is 12.1 Å². The smallest absolute Gasteiger partial charge is 0.296 e. The Bertz CT molecular complexity index is 1250. The molecule has 8 nitrogen and oxygen atoms in total. The molecule has 1 aromatic heterocycles. The number of carbonyl (C=O) groups excluding carboxylic acids is 2. The molecule has 2 aromatic carbocycles. The molecule has 0 spiro atoms. The van der Waals surface area contributed by atoms with Gasteiger partial charge in [0.15, 0.2) is 23.1 Å². The number of rotatable bonds is 6. The standard InChI is InChI=1S/C24H20FNO7/c1-31-18-8-6-14(10-16(18)25)22(28)20-21(13-5-7-17(27)19(11-13)32-2)26(24(30)23(20)29)12-15-4-3-9-33-15/h3-11,21,27-28H,12H2,1-2H3/t21-/m0/s1. The molecule has 1 fully saturated rings. The average molecular weight is 453 g/mol. The van der Waals surface area contributed by atoms with Crippen LogP contribution in [-0.4, -0.2) is 41.0 Å². The molecule has 0 unspecified atom stereocenters. The van der Waals surface area contributed by atoms with Gasteiger partial charge in [0.05, 0.1) is 38.6 Å². The van der Waals surface area contributed by atoms with Crippen LogP contribution in [0.4, 0.5) is 4.39 Å². The summed E-state index contributed by atoms with van der Waals surface area (Å²) in [5, 5.41) is 21.0. The molecule has 33 heavy (non-hydrogen) atoms. The zero-order valence-corrected chi connectivity index (χ0v) is 17.7. The van der Waals surface area contributed by atoms with E-state index in [0.717, 1.165) is 6.07 Å². The number of aliphatic hydroxyl groups is 1. The average Bonchev–Trinajstić information content (AvgIpc) is 3.41. The molecule has 0 bridgehead atoms. The van der Waals surface area contributed by atoms with Crippen molar-refractivity contribution >= 4 is 17.4 Å². The number of phenols is 1. The number of likely N-dealkylation sites (tertiary alicyclic amines) is 1. The van der Waals surface area contributed by atoms with Gasteiger partial charge in [0.1, 0.15) is 11.5 Å². The highest BCUT2D eigenvalue weighted by atomic mass is 19.1. The van der Waals surface area contributed by atoms with Crippen molar-refractivity contribution in [1.29, 1.82) is 0 Å². The molecule has 1 saturated heterocycles. The Morgan fingerprint density at radius 1 is 1.09 bits per heavy atom. The minimum Gasteiger partial charge on any atom is -0.507 e. The zero-order chi connectivity index (χ0) is 23.7. The Labute approximate surface area is 188 Å². The van der Waals surface area contributed by atoms with E-state index in [-0.39, 0.29) is 34.9 Å². The summed E-state index contributed by atoms with van der Waals surface area (Å²) in [6.45, 7) is -0.0564. The summed E-state index contributed by atoms with van der Waals surface area (Å²) in [6, 6.07) is 10.3. The summed E-state index contributed by atoms with van der Waals surface area (Å²) in [4.78, 5) is 27.2. The van der Waals surface area contributed by atoms with E-state index in [1.807, 2.05) is 0 Å². The number of aliphatic hydroxyl groups excluding tert-OH is 1. The number of nitrogens with zero attached hydrogens (tertiary/aromatic N) is 1. The van der Waals surface area contributed by atoms with E-state index in [2.05, 4.69) is 0 Å². The lowest BCUT2D eigenvalue weighted by molar-refractivity contribution is -0.140. The Morgan fingerprint density at radius 3 is 2.48 bits per heavy atom. The molecule has 0 radical (unpaired) electrons. The van der Waals surface area contributed by atoms with Crippen LogP contribution in [0.1, 0.15) is 22.9 Å². The first kappa shape index (κ1) is 21.9. The first-order valence-corrected chi connectivity index (χ1v) is 9.87. The fourth-order valence-electron chi connectivity index (χ4n) is 3.79. The maximum Gasteiger partial charge on any atom is 0.296 e. The van der Waals surface area contributed by atoms with E-state index in [1.165, 1.54) is 55.7 Å². The number of phenolic OH excluding ortho intramolecular Hbond substituents is 1. The molecule has 3 aromatic rings. The number of aromatic hydroxyl groups is 1. The number of ketones is 1. The maximum absolute atomic E-state index is 14.3. The Kier molecular flexibility index (Phi) is 5.78. The summed E-state index contributed by atoms with van der Waals surface area (Å²) >= 11 is 0. The zero-order valence-electron chi connectivity index (χ0n) is 17.7. The lowest BCUT2D eigenvalue weighted by atomic mass is 9.95. The highest BCUT2D eigenvalue weighted by molar-refractivity contribution is 6.46. The second-order valence-corrected chi connectivity index (χ2v) is 7.29. The molecule has 4 rings (SSSR count). The van der Waals surface area contributed by atoms with Gasteiger partial charge < -0.3 is 29.0 Å². The minimum atomic E-state index is -1.05. The van der Waals surface area contributed by atoms with Crippen LogP contribution in [0.15, 0.2) is 64.8 Å². The number of hydrogen-bond donors (Lipinski definition) is 2. The van der Waals surface area contributed by atoms with E-state index < -0.39 is 29.3 Å². The largest absolute Gasteiger partial charge is 0.507 e. The highest BCUT2D eigenvalue weighted by Crippen LogP contribution is 2.42. The summed E-state index contributed by atoms with van der Waals surface area (Å²) in [5.41, 5.74) is 0.162. The normalized spacial score (nSPS) is 17.4. The summed E-state index contributed by atoms with van der Waals surface area (Å²) in [5.74, 6) is -2.73. The van der Waals surface area contributed by atoms with Crippen LogP contribution in [0.5, 0.6) is 17.2 Å². The summed E-state index contributed by atoms with van der Waals surface area (Å²) < 4.78 is 29.7. The second kappa shape index (κ2) is 8.70. The van der Waals surface area contributed by atoms with Gasteiger partial charge in [0.25, 0.3) is 11.7 Å². The van der Waals surface area contributed by atoms with Crippen LogP contribution >= 0.6 is 0 Å². The third kappa shape index (κ3) is 3.89. The Hall–Kier alpha value is -4.27. The van der Waals surface area contributed by atoms with E-state index in [4.69, 9.17) is 13.9 Å². The number of hydrogen-bond acceptors (Lipinski definition) is 7. The molecular weight excluding hydrogens is 433 g/mol. The lowest BCUT2D eigenvalue weighted by Gasteiger charge is -2.25. The highest BCUT2D eigenvalue weighted by Gasteiger charge is 2.46. The van der Waals surface area contributed by atoms with Gasteiger partial charge in [0, 0.05) is 5.56 Å². The number of Topliss-reactive ketones (excluding diaryl/α,β-unsaturated/α-hetero) is 1. The van der Waals surface area contributed by atoms with Crippen LogP contribution < -0.4 is 9.47 Å². The summed E-state index contributed by atoms with van der Waals surface area (Å²) in [7, 11) is 2.66. The molecular formula is C24H20FNO7. The predicted octanol–water partition coefficient (Wildman–Crippen LogP) is 3.76. The van der Waals surface area contributed by atoms with Crippen LogP contribution in [0.2, 0.25) is 0 Å². The van der Waals surface area contributed by atoms with Gasteiger partial charge in [-0.25, -0.2) is 4.39 Å². The number of ether oxygens (including phenoxy) is 2. The van der Waals surface area contributed by atoms with Crippen LogP contribution in [0, 0.1) is 5.82 Å². The number of halogens is 1. The van der Waals surface area contributed by atoms with E-state index in [9.17, 15) is 24.2 Å². The van der Waals surface area contributed by atoms with Crippen LogP contribution in [0.3, 0.4) is 0 Å². The van der Waals surface area contributed by atoms with E-state index >= 15 is 0 Å². The van der Waals surface area contributed by atoms with Gasteiger partial charge in [-0.3, -0.25) is 9.59 Å². The number of amides is 1. The van der Waals surface area contributed by atoms with Crippen LogP contribution in [0.25, 0.3) is 5.76 Å². The SMILES string of the molecule is COc1cc([C@H]2C(=C(O)c3ccc(OC)c(F)c3)C(=O)C(=O)N2Cc2ccco2)ccc1O. The molecule has 9 heteroatoms. The van der Waals surface area contributed by atoms with Crippen LogP contribution in [-0.2, 0) is 16.1 Å². The minimum absolute atomic E-state index is 0.0000388. The van der Waals surface area contributed by atoms with E-state index in [0.29, 0.717) is 11.3 Å². The van der Waals surface area contributed by atoms with Crippen molar-refractivity contribution in [1.82, 2.24) is 4.90 Å². The predicted molar refractivity (Wildman–Crippen MR) is 114 cm³/mol. The van der Waals surface area contributed by atoms with Gasteiger partial charge in [0.2, 0.25) is 0 Å². The van der Waals surface area contributed by atoms with Crippen molar-refractivity contribution in [3.05, 3.63) is 83.1 Å². The van der Waals surface area contributed by atoms with Gasteiger partial charge in [-0.2, -0.15) is 0 Å². The van der Waals surface area contributed by atoms with Crippen molar-refractivity contribution in [2.45, 2.75) is 12.6 Å². The lowest BCUT2D eigenvalue weighted by Crippen LogP contribution is -2.29. The number of carbonyl (C=O) groups is 2. The Balaban J connectivity index is 1.89. The first-order valence-electron chi connectivity index (χ1n) is 9.87. The molecule has 0 saturated carbocycles. The third-order valence-electron chi connectivity index (χ3n) is 5.39. The van der Waals surface area contributed by atoms with Gasteiger partial charge in [-0.1, -0.05) is 6.07 Å². The molecule has 170 valence electrons. The molecule has 1 amide bonds. The quantitative estimate of drug-likeness (QED) is 0.332. The summed E-state index contributed by atoms with van der Waals surface area (Å²) in [6.07, 6.45) is 1.44. The number of furan rings is 1. The molecule has 1 aliphatic rings. The maximum atomic E-state index is 14.3. The van der Waals surface area contributed by atoms with Crippen molar-refractivity contribution < 1.29 is 38.1 Å². The number of methoxy groups -OCH3 is 2. The van der Waals surface area contributed by atoms with Crippen molar-refractivity contribution in [2.75, 3.05) is 14.2 Å². The third-order valence-corrected chi connectivity index (χ3v) is 5.39. The molecule has 1 aliphatic heterocycles. The van der Waals surface area contributed by atoms with Crippen molar-refractivity contribution in [3.63, 3.8) is 0 Å². The van der Waals surface area contributed by atoms with Gasteiger partial charge in [-0.05, 0) is 48.0 Å². The topological polar surface area (TPSA) is 109 Å². The second-order valence-electron chi connectivity index (χ2n) is 7.29. The van der Waals surface area contributed by atoms with Crippen molar-refractivity contribution in [3.8, 4) is 17.2 Å². The fourth-order valence-corrected chi connectivity index (χ4v) is 3.79. The monoisotopic (exact) mass is 453 g/mol. The van der Waals surface area contributed by atoms with Gasteiger partial charge >= 0.3 is 0 Å². The molecule has 0 aliphatic carbocycles. The first-order chi connectivity index (χ1) is 15.8. The molecule has 1 atom stereocenters. The van der Waals surface area contributed by atoms with Crippen molar-refractivity contribution in [2.24, 2.45) is 0 Å². The number of benzene rings is 2. The molecule has 2 N–H and O–H groups in total. The fraction of sp³-hybridized carbons (Fsp3) is 0.167. The Morgan fingerprint density at radius 2 is 1.85 bits per heavy atom. The van der Waals surface area contributed by atoms with Gasteiger partial charge in [-0.15, -0.1) is 0 Å². The molecule has 2 heterocycles.